The van der Waals surface area contributed by atoms with Crippen molar-refractivity contribution in [2.24, 2.45) is 5.41 Å². The van der Waals surface area contributed by atoms with Gasteiger partial charge in [-0.2, -0.15) is 4.98 Å². The molecule has 0 aliphatic heterocycles. The number of rotatable bonds is 2. The summed E-state index contributed by atoms with van der Waals surface area (Å²) in [6.45, 7) is 4.69. The number of fused-ring (bicyclic) bond motifs is 1. The van der Waals surface area contributed by atoms with Gasteiger partial charge in [-0.3, -0.25) is 0 Å². The van der Waals surface area contributed by atoms with Crippen molar-refractivity contribution >= 4 is 11.6 Å². The van der Waals surface area contributed by atoms with Crippen molar-refractivity contribution in [1.29, 1.82) is 0 Å². The lowest BCUT2D eigenvalue weighted by Gasteiger charge is -2.35. The summed E-state index contributed by atoms with van der Waals surface area (Å²) >= 11 is 0. The van der Waals surface area contributed by atoms with Gasteiger partial charge in [0.2, 0.25) is 5.95 Å². The van der Waals surface area contributed by atoms with Gasteiger partial charge in [0.05, 0.1) is 0 Å². The Labute approximate surface area is 107 Å². The summed E-state index contributed by atoms with van der Waals surface area (Å²) in [4.78, 5) is 4.50. The van der Waals surface area contributed by atoms with Crippen LogP contribution in [0.4, 0.5) is 5.95 Å². The van der Waals surface area contributed by atoms with E-state index in [4.69, 9.17) is 0 Å². The minimum atomic E-state index is 0.440. The summed E-state index contributed by atoms with van der Waals surface area (Å²) in [5, 5.41) is 7.93. The van der Waals surface area contributed by atoms with Crippen LogP contribution < -0.4 is 5.32 Å². The fourth-order valence-electron chi connectivity index (χ4n) is 2.90. The average Bonchev–Trinajstić information content (AvgIpc) is 2.69. The number of aromatic nitrogens is 3. The van der Waals surface area contributed by atoms with Gasteiger partial charge in [-0.1, -0.05) is 26.3 Å². The summed E-state index contributed by atoms with van der Waals surface area (Å²) in [7, 11) is 0. The Morgan fingerprint density at radius 2 is 2.28 bits per heavy atom. The highest BCUT2D eigenvalue weighted by Crippen LogP contribution is 2.36. The molecule has 4 heteroatoms. The van der Waals surface area contributed by atoms with E-state index in [9.17, 15) is 0 Å². The maximum absolute atomic E-state index is 4.50. The van der Waals surface area contributed by atoms with Crippen molar-refractivity contribution in [2.45, 2.75) is 45.6 Å². The molecule has 1 N–H and O–H groups in total. The van der Waals surface area contributed by atoms with Crippen LogP contribution in [0.3, 0.4) is 0 Å². The minimum Gasteiger partial charge on any atom is -0.350 e. The van der Waals surface area contributed by atoms with Crippen LogP contribution in [-0.2, 0) is 0 Å². The van der Waals surface area contributed by atoms with Gasteiger partial charge in [0, 0.05) is 12.2 Å². The van der Waals surface area contributed by atoms with Gasteiger partial charge >= 0.3 is 0 Å². The van der Waals surface area contributed by atoms with E-state index in [1.54, 1.807) is 0 Å². The Hall–Kier alpha value is -1.58. The lowest BCUT2D eigenvalue weighted by molar-refractivity contribution is 0.229. The molecule has 1 fully saturated rings. The fourth-order valence-corrected chi connectivity index (χ4v) is 2.90. The zero-order valence-electron chi connectivity index (χ0n) is 11.1. The average molecular weight is 244 g/mol. The fraction of sp³-hybridized carbons (Fsp3) is 0.571. The zero-order chi connectivity index (χ0) is 12.6. The quantitative estimate of drug-likeness (QED) is 0.882. The van der Waals surface area contributed by atoms with Crippen molar-refractivity contribution in [3.63, 3.8) is 0 Å². The summed E-state index contributed by atoms with van der Waals surface area (Å²) in [6.07, 6.45) is 6.96. The molecular weight excluding hydrogens is 224 g/mol. The predicted molar refractivity (Wildman–Crippen MR) is 72.6 cm³/mol. The van der Waals surface area contributed by atoms with Crippen molar-refractivity contribution in [2.75, 3.05) is 5.32 Å². The summed E-state index contributed by atoms with van der Waals surface area (Å²) in [5.74, 6) is 0.754. The van der Waals surface area contributed by atoms with Crippen LogP contribution in [0.5, 0.6) is 0 Å². The van der Waals surface area contributed by atoms with Crippen LogP contribution in [0.25, 0.3) is 5.65 Å². The van der Waals surface area contributed by atoms with E-state index in [0.29, 0.717) is 11.5 Å². The molecule has 18 heavy (non-hydrogen) atoms. The summed E-state index contributed by atoms with van der Waals surface area (Å²) < 4.78 is 1.82. The molecule has 96 valence electrons. The van der Waals surface area contributed by atoms with Gasteiger partial charge < -0.3 is 5.32 Å². The topological polar surface area (TPSA) is 42.2 Å². The van der Waals surface area contributed by atoms with E-state index in [-0.39, 0.29) is 0 Å². The maximum atomic E-state index is 4.50. The second-order valence-electron chi connectivity index (χ2n) is 6.04. The van der Waals surface area contributed by atoms with E-state index < -0.39 is 0 Å². The van der Waals surface area contributed by atoms with Crippen LogP contribution in [0.1, 0.15) is 39.5 Å². The third kappa shape index (κ3) is 2.33. The predicted octanol–water partition coefficient (Wildman–Crippen LogP) is 3.11. The highest BCUT2D eigenvalue weighted by atomic mass is 15.3. The molecule has 0 aromatic carbocycles. The van der Waals surface area contributed by atoms with Crippen LogP contribution in [0, 0.1) is 5.41 Å². The smallest absolute Gasteiger partial charge is 0.243 e. The van der Waals surface area contributed by atoms with Crippen LogP contribution in [0.15, 0.2) is 24.4 Å². The van der Waals surface area contributed by atoms with E-state index >= 15 is 0 Å². The number of nitrogens with one attached hydrogen (secondary N) is 1. The van der Waals surface area contributed by atoms with Crippen LogP contribution in [-0.4, -0.2) is 20.6 Å². The number of nitrogens with zero attached hydrogens (tertiary/aromatic N) is 3. The van der Waals surface area contributed by atoms with Gasteiger partial charge in [0.1, 0.15) is 0 Å². The highest BCUT2D eigenvalue weighted by Gasteiger charge is 2.28. The Morgan fingerprint density at radius 1 is 1.39 bits per heavy atom. The second-order valence-corrected chi connectivity index (χ2v) is 6.04. The number of hydrogen-bond donors (Lipinski definition) is 1. The molecule has 0 amide bonds. The highest BCUT2D eigenvalue weighted by molar-refractivity contribution is 5.43. The van der Waals surface area contributed by atoms with E-state index in [0.717, 1.165) is 11.6 Å². The molecule has 0 spiro atoms. The lowest BCUT2D eigenvalue weighted by Crippen LogP contribution is -2.32. The van der Waals surface area contributed by atoms with E-state index in [1.807, 2.05) is 28.9 Å². The largest absolute Gasteiger partial charge is 0.350 e. The van der Waals surface area contributed by atoms with Crippen molar-refractivity contribution in [1.82, 2.24) is 14.6 Å². The zero-order valence-corrected chi connectivity index (χ0v) is 11.1. The first kappa shape index (κ1) is 11.5. The molecule has 0 radical (unpaired) electrons. The second kappa shape index (κ2) is 4.26. The third-order valence-electron chi connectivity index (χ3n) is 3.78. The molecule has 1 aliphatic rings. The number of pyridine rings is 1. The first-order chi connectivity index (χ1) is 8.62. The van der Waals surface area contributed by atoms with Crippen LogP contribution in [0.2, 0.25) is 0 Å². The first-order valence-electron chi connectivity index (χ1n) is 6.70. The Balaban J connectivity index is 1.76. The Bertz CT molecular complexity index is 510. The number of hydrogen-bond acceptors (Lipinski definition) is 3. The molecule has 1 atom stereocenters. The molecule has 1 unspecified atom stereocenters. The molecule has 1 aliphatic carbocycles. The lowest BCUT2D eigenvalue weighted by atomic mass is 9.75. The summed E-state index contributed by atoms with van der Waals surface area (Å²) in [6, 6.07) is 6.43. The van der Waals surface area contributed by atoms with E-state index in [1.165, 1.54) is 25.7 Å². The standard InChI is InChI=1S/C14H20N4/c1-14(2)8-5-6-11(10-14)15-13-16-12-7-3-4-9-18(12)17-13/h3-4,7,9,11H,5-6,8,10H2,1-2H3,(H,15,17). The van der Waals surface area contributed by atoms with Crippen molar-refractivity contribution < 1.29 is 0 Å². The molecule has 4 nitrogen and oxygen atoms in total. The maximum Gasteiger partial charge on any atom is 0.243 e. The van der Waals surface area contributed by atoms with Crippen LogP contribution >= 0.6 is 0 Å². The SMILES string of the molecule is CC1(C)CCCC(Nc2nc3ccccn3n2)C1. The van der Waals surface area contributed by atoms with Gasteiger partial charge in [0.25, 0.3) is 0 Å². The molecule has 1 saturated carbocycles. The molecule has 0 bridgehead atoms. The molecular formula is C14H20N4. The third-order valence-corrected chi connectivity index (χ3v) is 3.78. The van der Waals surface area contributed by atoms with Crippen molar-refractivity contribution in [3.8, 4) is 0 Å². The minimum absolute atomic E-state index is 0.440. The molecule has 2 heterocycles. The molecule has 0 saturated heterocycles. The molecule has 2 aromatic rings. The molecule has 2 aromatic heterocycles. The first-order valence-corrected chi connectivity index (χ1v) is 6.70. The monoisotopic (exact) mass is 244 g/mol. The Kier molecular flexibility index (Phi) is 2.73. The van der Waals surface area contributed by atoms with Gasteiger partial charge in [-0.05, 0) is 36.8 Å². The van der Waals surface area contributed by atoms with Gasteiger partial charge in [-0.15, -0.1) is 5.10 Å². The normalized spacial score (nSPS) is 23.1. The number of anilines is 1. The molecule has 3 rings (SSSR count). The van der Waals surface area contributed by atoms with Gasteiger partial charge in [0.15, 0.2) is 5.65 Å². The van der Waals surface area contributed by atoms with Crippen molar-refractivity contribution in [3.05, 3.63) is 24.4 Å². The van der Waals surface area contributed by atoms with Gasteiger partial charge in [-0.25, -0.2) is 4.52 Å². The Morgan fingerprint density at radius 3 is 3.06 bits per heavy atom. The summed E-state index contributed by atoms with van der Waals surface area (Å²) in [5.41, 5.74) is 1.34. The van der Waals surface area contributed by atoms with E-state index in [2.05, 4.69) is 29.2 Å².